The molecule has 0 aliphatic carbocycles. The Balaban J connectivity index is 0.00000280. The van der Waals surface area contributed by atoms with E-state index in [0.29, 0.717) is 6.61 Å². The molecule has 7 heteroatoms. The van der Waals surface area contributed by atoms with E-state index in [-0.39, 0.29) is 42.2 Å². The summed E-state index contributed by atoms with van der Waals surface area (Å²) >= 11 is 6.08. The summed E-state index contributed by atoms with van der Waals surface area (Å²) in [6.45, 7) is 4.75. The van der Waals surface area contributed by atoms with Crippen LogP contribution in [-0.2, 0) is 9.53 Å². The van der Waals surface area contributed by atoms with Crippen LogP contribution in [0.25, 0.3) is 0 Å². The number of ether oxygens (including phenoxy) is 1. The first-order valence-electron chi connectivity index (χ1n) is 9.20. The van der Waals surface area contributed by atoms with E-state index in [0.717, 1.165) is 37.7 Å². The summed E-state index contributed by atoms with van der Waals surface area (Å²) in [5.41, 5.74) is 2.52. The Morgan fingerprint density at radius 2 is 1.61 bits per heavy atom. The Morgan fingerprint density at radius 3 is 2.21 bits per heavy atom. The van der Waals surface area contributed by atoms with Gasteiger partial charge < -0.3 is 9.84 Å². The third-order valence-electron chi connectivity index (χ3n) is 4.85. The number of hydrogen-bond donors (Lipinski definition) is 1. The summed E-state index contributed by atoms with van der Waals surface area (Å²) < 4.78 is 5.15. The van der Waals surface area contributed by atoms with Gasteiger partial charge in [-0.1, -0.05) is 54.1 Å². The number of carbonyl (C=O) groups is 1. The zero-order valence-corrected chi connectivity index (χ0v) is 16.0. The third-order valence-corrected chi connectivity index (χ3v) is 5.10. The average Bonchev–Trinajstić information content (AvgIpc) is 2.69. The maximum atomic E-state index is 10.5. The van der Waals surface area contributed by atoms with Crippen molar-refractivity contribution in [3.05, 3.63) is 70.7 Å². The monoisotopic (exact) mass is 412 g/mol. The predicted octanol–water partition coefficient (Wildman–Crippen LogP) is 2.50. The summed E-state index contributed by atoms with van der Waals surface area (Å²) in [6.07, 6.45) is 0. The molecule has 0 aromatic heterocycles. The Morgan fingerprint density at radius 1 is 1.00 bits per heavy atom. The Kier molecular flexibility index (Phi) is 9.95. The molecule has 0 bridgehead atoms. The van der Waals surface area contributed by atoms with Crippen molar-refractivity contribution in [1.82, 2.24) is 9.80 Å². The number of piperazine rings is 1. The van der Waals surface area contributed by atoms with Crippen molar-refractivity contribution in [2.24, 2.45) is 0 Å². The fourth-order valence-corrected chi connectivity index (χ4v) is 3.62. The number of aliphatic carboxylic acids is 1. The van der Waals surface area contributed by atoms with Gasteiger partial charge in [0.1, 0.15) is 6.61 Å². The number of rotatable bonds is 8. The molecule has 1 atom stereocenters. The van der Waals surface area contributed by atoms with Gasteiger partial charge in [-0.2, -0.15) is 0 Å². The zero-order chi connectivity index (χ0) is 19.1. The number of carboxylic acids is 1. The number of halogens is 1. The van der Waals surface area contributed by atoms with Crippen molar-refractivity contribution < 1.29 is 14.6 Å². The van der Waals surface area contributed by atoms with E-state index in [1.807, 2.05) is 18.2 Å². The molecule has 2 aromatic rings. The third kappa shape index (κ3) is 6.85. The molecule has 5 nitrogen and oxygen atoms in total. The van der Waals surface area contributed by atoms with E-state index in [4.69, 9.17) is 21.4 Å². The first-order chi connectivity index (χ1) is 13.1. The van der Waals surface area contributed by atoms with Gasteiger partial charge >= 0.3 is 35.5 Å². The topological polar surface area (TPSA) is 53.0 Å². The molecule has 0 radical (unpaired) electrons. The van der Waals surface area contributed by atoms with Gasteiger partial charge in [0.25, 0.3) is 0 Å². The molecule has 1 unspecified atom stereocenters. The van der Waals surface area contributed by atoms with Crippen molar-refractivity contribution >= 4 is 47.1 Å². The van der Waals surface area contributed by atoms with Crippen molar-refractivity contribution in [3.8, 4) is 0 Å². The summed E-state index contributed by atoms with van der Waals surface area (Å²) in [6, 6.07) is 18.8. The molecule has 2 aromatic carbocycles. The molecule has 28 heavy (non-hydrogen) atoms. The molecule has 1 N–H and O–H groups in total. The van der Waals surface area contributed by atoms with Crippen LogP contribution < -0.4 is 0 Å². The zero-order valence-electron chi connectivity index (χ0n) is 15.3. The van der Waals surface area contributed by atoms with Crippen LogP contribution in [0.3, 0.4) is 0 Å². The summed E-state index contributed by atoms with van der Waals surface area (Å²) in [5, 5.41) is 9.37. The molecule has 1 aliphatic rings. The van der Waals surface area contributed by atoms with E-state index in [1.165, 1.54) is 11.1 Å². The van der Waals surface area contributed by atoms with E-state index in [9.17, 15) is 4.79 Å². The number of carboxylic acid groups (broad SMARTS) is 1. The Labute approximate surface area is 193 Å². The standard InChI is InChI=1S/C21H25ClN2O3.Na.H/c22-19-8-6-18(7-9-19)21(17-4-2-1-3-5-17)24-12-10-23(11-13-24)14-15-27-16-20(25)26;;/h1-9,21H,10-16H2,(H,25,26);;. The SMILES string of the molecule is O=C(O)COCCN1CCN(C(c2ccccc2)c2ccc(Cl)cc2)CC1.[NaH]. The van der Waals surface area contributed by atoms with Gasteiger partial charge in [-0.25, -0.2) is 4.79 Å². The molecule has 0 saturated carbocycles. The van der Waals surface area contributed by atoms with Crippen molar-refractivity contribution in [3.63, 3.8) is 0 Å². The second-order valence-corrected chi connectivity index (χ2v) is 7.13. The van der Waals surface area contributed by atoms with Gasteiger partial charge in [-0.05, 0) is 23.3 Å². The van der Waals surface area contributed by atoms with E-state index < -0.39 is 5.97 Å². The molecule has 3 rings (SSSR count). The molecule has 1 fully saturated rings. The molecule has 0 amide bonds. The fraction of sp³-hybridized carbons (Fsp3) is 0.381. The maximum absolute atomic E-state index is 10.5. The number of hydrogen-bond acceptors (Lipinski definition) is 4. The normalized spacial score (nSPS) is 16.3. The minimum atomic E-state index is -0.923. The second kappa shape index (κ2) is 11.9. The van der Waals surface area contributed by atoms with Gasteiger partial charge in [-0.15, -0.1) is 0 Å². The minimum absolute atomic E-state index is 0. The fourth-order valence-electron chi connectivity index (χ4n) is 3.49. The van der Waals surface area contributed by atoms with Crippen molar-refractivity contribution in [2.75, 3.05) is 45.9 Å². The van der Waals surface area contributed by atoms with Crippen molar-refractivity contribution in [1.29, 1.82) is 0 Å². The first kappa shape index (κ1) is 23.4. The Hall–Kier alpha value is -0.920. The van der Waals surface area contributed by atoms with Crippen LogP contribution in [0.4, 0.5) is 0 Å². The van der Waals surface area contributed by atoms with E-state index in [1.54, 1.807) is 0 Å². The van der Waals surface area contributed by atoms with Crippen LogP contribution >= 0.6 is 11.6 Å². The second-order valence-electron chi connectivity index (χ2n) is 6.69. The van der Waals surface area contributed by atoms with Crippen LogP contribution in [-0.4, -0.2) is 96.4 Å². The summed E-state index contributed by atoms with van der Waals surface area (Å²) in [5.74, 6) is -0.923. The first-order valence-corrected chi connectivity index (χ1v) is 9.57. The van der Waals surface area contributed by atoms with Crippen LogP contribution in [0, 0.1) is 0 Å². The molecule has 1 heterocycles. The summed E-state index contributed by atoms with van der Waals surface area (Å²) in [4.78, 5) is 15.3. The van der Waals surface area contributed by atoms with Gasteiger partial charge in [0.2, 0.25) is 0 Å². The van der Waals surface area contributed by atoms with Crippen LogP contribution in [0.1, 0.15) is 17.2 Å². The number of nitrogens with zero attached hydrogens (tertiary/aromatic N) is 2. The molecule has 1 saturated heterocycles. The Bertz CT molecular complexity index is 722. The van der Waals surface area contributed by atoms with Gasteiger partial charge in [0.05, 0.1) is 12.6 Å². The average molecular weight is 413 g/mol. The van der Waals surface area contributed by atoms with Crippen LogP contribution in [0.5, 0.6) is 0 Å². The number of benzene rings is 2. The predicted molar refractivity (Wildman–Crippen MR) is 113 cm³/mol. The molecule has 0 spiro atoms. The molecule has 1 aliphatic heterocycles. The molecular formula is C21H26ClN2NaO3. The molecular weight excluding hydrogens is 387 g/mol. The summed E-state index contributed by atoms with van der Waals surface area (Å²) in [7, 11) is 0. The van der Waals surface area contributed by atoms with Crippen LogP contribution in [0.15, 0.2) is 54.6 Å². The van der Waals surface area contributed by atoms with Crippen molar-refractivity contribution in [2.45, 2.75) is 6.04 Å². The quantitative estimate of drug-likeness (QED) is 0.533. The van der Waals surface area contributed by atoms with Gasteiger partial charge in [-0.3, -0.25) is 9.80 Å². The van der Waals surface area contributed by atoms with Gasteiger partial charge in [0.15, 0.2) is 0 Å². The van der Waals surface area contributed by atoms with Crippen LogP contribution in [0.2, 0.25) is 5.02 Å². The van der Waals surface area contributed by atoms with E-state index >= 15 is 0 Å². The van der Waals surface area contributed by atoms with E-state index in [2.05, 4.69) is 46.2 Å². The van der Waals surface area contributed by atoms with Gasteiger partial charge in [0, 0.05) is 37.7 Å². The molecule has 146 valence electrons.